The molecule has 0 aliphatic rings. The number of hydrogen-bond acceptors (Lipinski definition) is 4. The van der Waals surface area contributed by atoms with Crippen LogP contribution in [0.2, 0.25) is 0 Å². The number of hydrogen-bond donors (Lipinski definition) is 3. The highest BCUT2D eigenvalue weighted by Gasteiger charge is 2.12. The van der Waals surface area contributed by atoms with Crippen molar-refractivity contribution in [3.8, 4) is 5.75 Å². The van der Waals surface area contributed by atoms with E-state index in [-0.39, 0.29) is 31.1 Å². The van der Waals surface area contributed by atoms with Crippen LogP contribution in [0.3, 0.4) is 0 Å². The fraction of sp³-hybridized carbons (Fsp3) is 0.350. The predicted molar refractivity (Wildman–Crippen MR) is 113 cm³/mol. The maximum absolute atomic E-state index is 12.6. The summed E-state index contributed by atoms with van der Waals surface area (Å²) < 4.78 is 56.5. The number of benzene rings is 2. The lowest BCUT2D eigenvalue weighted by Crippen LogP contribution is -2.40. The standard InChI is InChI=1S/C20H26F2N4O3S/c1-15-8-9-18(29-19(21)22)17(12-15)14-25-20(23-2)24-10-11-30(27,28)26-13-16-6-4-3-5-7-16/h3-9,12,19,26H,10-11,13-14H2,1-2H3,(H2,23,24,25). The van der Waals surface area contributed by atoms with Crippen LogP contribution < -0.4 is 20.1 Å². The first-order chi connectivity index (χ1) is 14.3. The average molecular weight is 441 g/mol. The number of sulfonamides is 1. The molecule has 2 aromatic carbocycles. The van der Waals surface area contributed by atoms with Crippen LogP contribution in [0, 0.1) is 6.92 Å². The Morgan fingerprint density at radius 2 is 1.83 bits per heavy atom. The van der Waals surface area contributed by atoms with E-state index < -0.39 is 16.6 Å². The molecule has 0 heterocycles. The molecule has 0 aromatic heterocycles. The first-order valence-corrected chi connectivity index (χ1v) is 10.9. The minimum atomic E-state index is -3.48. The number of rotatable bonds is 10. The number of nitrogens with zero attached hydrogens (tertiary/aromatic N) is 1. The monoisotopic (exact) mass is 440 g/mol. The van der Waals surface area contributed by atoms with Crippen LogP contribution in [-0.4, -0.2) is 40.3 Å². The van der Waals surface area contributed by atoms with Gasteiger partial charge in [-0.2, -0.15) is 8.78 Å². The Bertz CT molecular complexity index is 938. The van der Waals surface area contributed by atoms with E-state index in [9.17, 15) is 17.2 Å². The molecule has 0 radical (unpaired) electrons. The molecule has 0 aliphatic heterocycles. The Balaban J connectivity index is 1.83. The Kier molecular flexibility index (Phi) is 9.00. The Labute approximate surface area is 175 Å². The van der Waals surface area contributed by atoms with Crippen LogP contribution in [0.1, 0.15) is 16.7 Å². The van der Waals surface area contributed by atoms with E-state index in [1.807, 2.05) is 37.3 Å². The minimum absolute atomic E-state index is 0.0752. The number of halogens is 2. The van der Waals surface area contributed by atoms with Crippen molar-refractivity contribution >= 4 is 16.0 Å². The van der Waals surface area contributed by atoms with Crippen LogP contribution in [0.5, 0.6) is 5.75 Å². The summed E-state index contributed by atoms with van der Waals surface area (Å²) in [5.74, 6) is 0.272. The average Bonchev–Trinajstić information content (AvgIpc) is 2.71. The topological polar surface area (TPSA) is 91.8 Å². The smallest absolute Gasteiger partial charge is 0.387 e. The quantitative estimate of drug-likeness (QED) is 0.390. The van der Waals surface area contributed by atoms with E-state index in [4.69, 9.17) is 0 Å². The van der Waals surface area contributed by atoms with Crippen LogP contribution in [-0.2, 0) is 23.1 Å². The molecule has 2 rings (SSSR count). The van der Waals surface area contributed by atoms with Gasteiger partial charge in [-0.15, -0.1) is 0 Å². The molecule has 0 unspecified atom stereocenters. The van der Waals surface area contributed by atoms with Crippen LogP contribution >= 0.6 is 0 Å². The number of nitrogens with one attached hydrogen (secondary N) is 3. The molecule has 0 atom stereocenters. The zero-order valence-electron chi connectivity index (χ0n) is 16.9. The molecule has 0 saturated heterocycles. The molecule has 0 aliphatic carbocycles. The largest absolute Gasteiger partial charge is 0.434 e. The van der Waals surface area contributed by atoms with Gasteiger partial charge in [-0.1, -0.05) is 48.0 Å². The van der Waals surface area contributed by atoms with Gasteiger partial charge in [0.2, 0.25) is 10.0 Å². The van der Waals surface area contributed by atoms with Crippen molar-refractivity contribution in [2.45, 2.75) is 26.6 Å². The predicted octanol–water partition coefficient (Wildman–Crippen LogP) is 2.38. The summed E-state index contributed by atoms with van der Waals surface area (Å²) in [7, 11) is -1.94. The molecule has 0 bridgehead atoms. The van der Waals surface area contributed by atoms with Gasteiger partial charge in [0.25, 0.3) is 0 Å². The zero-order valence-corrected chi connectivity index (χ0v) is 17.7. The SMILES string of the molecule is CN=C(NCCS(=O)(=O)NCc1ccccc1)NCc1cc(C)ccc1OC(F)F. The maximum atomic E-state index is 12.6. The summed E-state index contributed by atoms with van der Waals surface area (Å²) in [6.07, 6.45) is 0. The Morgan fingerprint density at radius 3 is 2.50 bits per heavy atom. The fourth-order valence-corrected chi connectivity index (χ4v) is 3.52. The van der Waals surface area contributed by atoms with Crippen molar-refractivity contribution in [1.82, 2.24) is 15.4 Å². The van der Waals surface area contributed by atoms with E-state index in [2.05, 4.69) is 25.1 Å². The van der Waals surface area contributed by atoms with E-state index in [1.165, 1.54) is 13.1 Å². The van der Waals surface area contributed by atoms with Gasteiger partial charge in [0, 0.05) is 32.2 Å². The summed E-state index contributed by atoms with van der Waals surface area (Å²) in [5, 5.41) is 5.87. The Hall–Kier alpha value is -2.72. The number of alkyl halides is 2. The van der Waals surface area contributed by atoms with Gasteiger partial charge in [0.1, 0.15) is 5.75 Å². The third-order valence-corrected chi connectivity index (χ3v) is 5.43. The Morgan fingerprint density at radius 1 is 1.10 bits per heavy atom. The number of guanidine groups is 1. The van der Waals surface area contributed by atoms with Gasteiger partial charge < -0.3 is 15.4 Å². The summed E-state index contributed by atoms with van der Waals surface area (Å²) >= 11 is 0. The molecule has 164 valence electrons. The second kappa shape index (κ2) is 11.5. The molecule has 0 fully saturated rings. The highest BCUT2D eigenvalue weighted by molar-refractivity contribution is 7.89. The number of aliphatic imine (C=N–C) groups is 1. The highest BCUT2D eigenvalue weighted by Crippen LogP contribution is 2.21. The number of ether oxygens (including phenoxy) is 1. The highest BCUT2D eigenvalue weighted by atomic mass is 32.2. The van der Waals surface area contributed by atoms with Crippen LogP contribution in [0.15, 0.2) is 53.5 Å². The van der Waals surface area contributed by atoms with Crippen molar-refractivity contribution in [2.24, 2.45) is 4.99 Å². The van der Waals surface area contributed by atoms with Gasteiger partial charge in [-0.05, 0) is 18.6 Å². The zero-order chi connectivity index (χ0) is 22.0. The van der Waals surface area contributed by atoms with Crippen LogP contribution in [0.25, 0.3) is 0 Å². The third kappa shape index (κ3) is 8.34. The van der Waals surface area contributed by atoms with Crippen molar-refractivity contribution < 1.29 is 21.9 Å². The third-order valence-electron chi connectivity index (χ3n) is 4.10. The first kappa shape index (κ1) is 23.6. The molecule has 3 N–H and O–H groups in total. The lowest BCUT2D eigenvalue weighted by molar-refractivity contribution is -0.0504. The lowest BCUT2D eigenvalue weighted by atomic mass is 10.1. The summed E-state index contributed by atoms with van der Waals surface area (Å²) in [5.41, 5.74) is 2.30. The van der Waals surface area contributed by atoms with E-state index >= 15 is 0 Å². The van der Waals surface area contributed by atoms with Gasteiger partial charge >= 0.3 is 6.61 Å². The van der Waals surface area contributed by atoms with Crippen molar-refractivity contribution in [2.75, 3.05) is 19.3 Å². The molecule has 30 heavy (non-hydrogen) atoms. The van der Waals surface area contributed by atoms with Gasteiger partial charge in [0.15, 0.2) is 5.96 Å². The van der Waals surface area contributed by atoms with Crippen molar-refractivity contribution in [3.05, 3.63) is 65.2 Å². The van der Waals surface area contributed by atoms with E-state index in [0.717, 1.165) is 11.1 Å². The van der Waals surface area contributed by atoms with Crippen molar-refractivity contribution in [3.63, 3.8) is 0 Å². The van der Waals surface area contributed by atoms with Gasteiger partial charge in [0.05, 0.1) is 5.75 Å². The van der Waals surface area contributed by atoms with Crippen molar-refractivity contribution in [1.29, 1.82) is 0 Å². The van der Waals surface area contributed by atoms with Gasteiger partial charge in [-0.3, -0.25) is 4.99 Å². The van der Waals surface area contributed by atoms with E-state index in [0.29, 0.717) is 11.5 Å². The maximum Gasteiger partial charge on any atom is 0.387 e. The fourth-order valence-electron chi connectivity index (χ4n) is 2.62. The molecule has 0 spiro atoms. The second-order valence-corrected chi connectivity index (χ2v) is 8.39. The lowest BCUT2D eigenvalue weighted by Gasteiger charge is -2.15. The summed E-state index contributed by atoms with van der Waals surface area (Å²) in [4.78, 5) is 4.02. The molecule has 10 heteroatoms. The number of aryl methyl sites for hydroxylation is 1. The summed E-state index contributed by atoms with van der Waals surface area (Å²) in [6, 6.07) is 14.1. The minimum Gasteiger partial charge on any atom is -0.434 e. The summed E-state index contributed by atoms with van der Waals surface area (Å²) in [6.45, 7) is -0.551. The molecule has 0 saturated carbocycles. The molecular weight excluding hydrogens is 414 g/mol. The molecule has 2 aromatic rings. The van der Waals surface area contributed by atoms with Crippen LogP contribution in [0.4, 0.5) is 8.78 Å². The molecular formula is C20H26F2N4O3S. The van der Waals surface area contributed by atoms with Gasteiger partial charge in [-0.25, -0.2) is 13.1 Å². The molecule has 7 nitrogen and oxygen atoms in total. The van der Waals surface area contributed by atoms with E-state index in [1.54, 1.807) is 12.1 Å². The second-order valence-electron chi connectivity index (χ2n) is 6.47. The first-order valence-electron chi connectivity index (χ1n) is 9.29. The normalized spacial score (nSPS) is 12.1. The molecule has 0 amide bonds.